The lowest BCUT2D eigenvalue weighted by Gasteiger charge is -2.40. The summed E-state index contributed by atoms with van der Waals surface area (Å²) in [6.45, 7) is 5.74. The summed E-state index contributed by atoms with van der Waals surface area (Å²) in [7, 11) is 2.04. The largest absolute Gasteiger partial charge is 0.346 e. The first-order valence-corrected chi connectivity index (χ1v) is 10.6. The van der Waals surface area contributed by atoms with Crippen LogP contribution in [-0.2, 0) is 7.05 Å². The van der Waals surface area contributed by atoms with Gasteiger partial charge < -0.3 is 9.47 Å². The lowest BCUT2D eigenvalue weighted by molar-refractivity contribution is 0.0519. The third kappa shape index (κ3) is 3.45. The molecule has 0 spiro atoms. The van der Waals surface area contributed by atoms with Crippen LogP contribution in [0.2, 0.25) is 0 Å². The predicted octanol–water partition coefficient (Wildman–Crippen LogP) is 3.55. The summed E-state index contributed by atoms with van der Waals surface area (Å²) in [6.07, 6.45) is 6.79. The van der Waals surface area contributed by atoms with Crippen molar-refractivity contribution in [3.8, 4) is 10.7 Å². The van der Waals surface area contributed by atoms with Crippen LogP contribution in [0.1, 0.15) is 48.3 Å². The Labute approximate surface area is 159 Å². The summed E-state index contributed by atoms with van der Waals surface area (Å²) in [6, 6.07) is 4.90. The van der Waals surface area contributed by atoms with E-state index in [1.807, 2.05) is 17.3 Å². The maximum absolute atomic E-state index is 12.9. The Hall–Kier alpha value is -1.66. The molecule has 0 unspecified atom stereocenters. The Morgan fingerprint density at radius 1 is 1.12 bits per heavy atom. The standard InChI is InChI=1S/C20H28N4OS/c1-15-8-9-18(22(15)2)19-21-17(14-26-19)20(25)24-12-10-23(11-13-24)16-6-4-3-5-7-16/h8-9,14,16H,3-7,10-13H2,1-2H3. The minimum atomic E-state index is 0.0849. The highest BCUT2D eigenvalue weighted by atomic mass is 32.1. The maximum Gasteiger partial charge on any atom is 0.273 e. The molecule has 1 aliphatic heterocycles. The molecule has 0 bridgehead atoms. The highest BCUT2D eigenvalue weighted by Crippen LogP contribution is 2.27. The average molecular weight is 373 g/mol. The average Bonchev–Trinajstić information content (AvgIpc) is 3.29. The van der Waals surface area contributed by atoms with Gasteiger partial charge in [0.2, 0.25) is 0 Å². The fourth-order valence-electron chi connectivity index (χ4n) is 4.22. The van der Waals surface area contributed by atoms with Crippen molar-refractivity contribution >= 4 is 17.2 Å². The van der Waals surface area contributed by atoms with E-state index in [0.717, 1.165) is 42.9 Å². The second kappa shape index (κ2) is 7.53. The van der Waals surface area contributed by atoms with E-state index in [0.29, 0.717) is 5.69 Å². The molecule has 4 rings (SSSR count). The van der Waals surface area contributed by atoms with E-state index in [-0.39, 0.29) is 5.91 Å². The first kappa shape index (κ1) is 17.7. The number of amides is 1. The summed E-state index contributed by atoms with van der Waals surface area (Å²) in [5.41, 5.74) is 2.87. The monoisotopic (exact) mass is 372 g/mol. The van der Waals surface area contributed by atoms with Gasteiger partial charge in [-0.3, -0.25) is 9.69 Å². The molecule has 3 heterocycles. The number of carbonyl (C=O) groups is 1. The van der Waals surface area contributed by atoms with Crippen LogP contribution in [0.15, 0.2) is 17.5 Å². The summed E-state index contributed by atoms with van der Waals surface area (Å²) in [5, 5.41) is 2.83. The number of aryl methyl sites for hydroxylation is 1. The normalized spacial score (nSPS) is 19.8. The Morgan fingerprint density at radius 2 is 1.85 bits per heavy atom. The van der Waals surface area contributed by atoms with E-state index in [1.54, 1.807) is 11.3 Å². The Bertz CT molecular complexity index is 767. The van der Waals surface area contributed by atoms with Crippen LogP contribution in [0.25, 0.3) is 10.7 Å². The molecule has 1 saturated heterocycles. The molecule has 2 aromatic heterocycles. The van der Waals surface area contributed by atoms with E-state index in [4.69, 9.17) is 0 Å². The van der Waals surface area contributed by atoms with Crippen molar-refractivity contribution in [3.63, 3.8) is 0 Å². The van der Waals surface area contributed by atoms with Gasteiger partial charge >= 0.3 is 0 Å². The Kier molecular flexibility index (Phi) is 5.14. The lowest BCUT2D eigenvalue weighted by atomic mass is 9.94. The molecule has 2 aliphatic rings. The number of piperazine rings is 1. The van der Waals surface area contributed by atoms with Crippen molar-refractivity contribution < 1.29 is 4.79 Å². The zero-order valence-electron chi connectivity index (χ0n) is 15.8. The molecule has 140 valence electrons. The zero-order chi connectivity index (χ0) is 18.1. The third-order valence-electron chi connectivity index (χ3n) is 6.01. The maximum atomic E-state index is 12.9. The molecular weight excluding hydrogens is 344 g/mol. The van der Waals surface area contributed by atoms with Gasteiger partial charge in [-0.15, -0.1) is 11.3 Å². The lowest BCUT2D eigenvalue weighted by Crippen LogP contribution is -2.52. The molecule has 0 aromatic carbocycles. The van der Waals surface area contributed by atoms with Crippen molar-refractivity contribution in [1.29, 1.82) is 0 Å². The molecule has 1 aliphatic carbocycles. The highest BCUT2D eigenvalue weighted by Gasteiger charge is 2.28. The molecule has 1 saturated carbocycles. The topological polar surface area (TPSA) is 41.4 Å². The zero-order valence-corrected chi connectivity index (χ0v) is 16.6. The van der Waals surface area contributed by atoms with E-state index < -0.39 is 0 Å². The fraction of sp³-hybridized carbons (Fsp3) is 0.600. The number of rotatable bonds is 3. The molecular formula is C20H28N4OS. The molecule has 6 heteroatoms. The van der Waals surface area contributed by atoms with Gasteiger partial charge in [-0.25, -0.2) is 4.98 Å². The number of hydrogen-bond donors (Lipinski definition) is 0. The van der Waals surface area contributed by atoms with Crippen molar-refractivity contribution in [2.75, 3.05) is 26.2 Å². The molecule has 0 radical (unpaired) electrons. The second-order valence-electron chi connectivity index (χ2n) is 7.58. The van der Waals surface area contributed by atoms with Crippen LogP contribution in [0, 0.1) is 6.92 Å². The summed E-state index contributed by atoms with van der Waals surface area (Å²) in [4.78, 5) is 22.1. The fourth-order valence-corrected chi connectivity index (χ4v) is 5.07. The Morgan fingerprint density at radius 3 is 2.50 bits per heavy atom. The van der Waals surface area contributed by atoms with Crippen LogP contribution in [0.5, 0.6) is 0 Å². The first-order valence-electron chi connectivity index (χ1n) is 9.75. The van der Waals surface area contributed by atoms with Crippen molar-refractivity contribution in [3.05, 3.63) is 28.9 Å². The minimum absolute atomic E-state index is 0.0849. The van der Waals surface area contributed by atoms with Gasteiger partial charge in [-0.2, -0.15) is 0 Å². The molecule has 5 nitrogen and oxygen atoms in total. The van der Waals surface area contributed by atoms with Crippen LogP contribution in [0.3, 0.4) is 0 Å². The first-order chi connectivity index (χ1) is 12.6. The van der Waals surface area contributed by atoms with Gasteiger partial charge in [-0.05, 0) is 31.9 Å². The van der Waals surface area contributed by atoms with E-state index in [1.165, 1.54) is 37.8 Å². The highest BCUT2D eigenvalue weighted by molar-refractivity contribution is 7.13. The molecule has 0 N–H and O–H groups in total. The van der Waals surface area contributed by atoms with Crippen molar-refractivity contribution in [1.82, 2.24) is 19.4 Å². The van der Waals surface area contributed by atoms with Gasteiger partial charge in [0.25, 0.3) is 5.91 Å². The van der Waals surface area contributed by atoms with E-state index in [9.17, 15) is 4.79 Å². The number of aromatic nitrogens is 2. The third-order valence-corrected chi connectivity index (χ3v) is 6.87. The van der Waals surface area contributed by atoms with Crippen LogP contribution >= 0.6 is 11.3 Å². The van der Waals surface area contributed by atoms with Crippen LogP contribution < -0.4 is 0 Å². The SMILES string of the molecule is Cc1ccc(-c2nc(C(=O)N3CCN(C4CCCCC4)CC3)cs2)n1C. The molecule has 26 heavy (non-hydrogen) atoms. The van der Waals surface area contributed by atoms with Crippen LogP contribution in [0.4, 0.5) is 0 Å². The molecule has 0 atom stereocenters. The van der Waals surface area contributed by atoms with Gasteiger partial charge in [0.05, 0.1) is 5.69 Å². The van der Waals surface area contributed by atoms with Gasteiger partial charge in [0, 0.05) is 50.3 Å². The predicted molar refractivity (Wildman–Crippen MR) is 106 cm³/mol. The van der Waals surface area contributed by atoms with Gasteiger partial charge in [0.1, 0.15) is 10.7 Å². The quantitative estimate of drug-likeness (QED) is 0.827. The summed E-state index contributed by atoms with van der Waals surface area (Å²) < 4.78 is 2.12. The Balaban J connectivity index is 1.39. The smallest absolute Gasteiger partial charge is 0.273 e. The number of nitrogens with zero attached hydrogens (tertiary/aromatic N) is 4. The number of thiazole rings is 1. The molecule has 1 amide bonds. The summed E-state index contributed by atoms with van der Waals surface area (Å²) in [5.74, 6) is 0.0849. The number of carbonyl (C=O) groups excluding carboxylic acids is 1. The van der Waals surface area contributed by atoms with Crippen LogP contribution in [-0.4, -0.2) is 57.5 Å². The second-order valence-corrected chi connectivity index (χ2v) is 8.43. The van der Waals surface area contributed by atoms with Gasteiger partial charge in [-0.1, -0.05) is 19.3 Å². The molecule has 2 aromatic rings. The van der Waals surface area contributed by atoms with E-state index in [2.05, 4.69) is 33.5 Å². The van der Waals surface area contributed by atoms with Crippen molar-refractivity contribution in [2.24, 2.45) is 7.05 Å². The van der Waals surface area contributed by atoms with Gasteiger partial charge in [0.15, 0.2) is 0 Å². The van der Waals surface area contributed by atoms with E-state index >= 15 is 0 Å². The minimum Gasteiger partial charge on any atom is -0.346 e. The molecule has 2 fully saturated rings. The number of hydrogen-bond acceptors (Lipinski definition) is 4. The van der Waals surface area contributed by atoms with Crippen molar-refractivity contribution in [2.45, 2.75) is 45.1 Å². The summed E-state index contributed by atoms with van der Waals surface area (Å²) >= 11 is 1.56.